The van der Waals surface area contributed by atoms with Crippen molar-refractivity contribution in [3.63, 3.8) is 0 Å². The lowest BCUT2D eigenvalue weighted by Crippen LogP contribution is -2.33. The Balaban J connectivity index is 3.17. The number of nitrogens with one attached hydrogen (secondary N) is 2. The molecule has 0 aliphatic carbocycles. The summed E-state index contributed by atoms with van der Waals surface area (Å²) < 4.78 is 0. The number of hydrogen-bond donors (Lipinski definition) is 2. The molecule has 13 heavy (non-hydrogen) atoms. The Labute approximate surface area is 78.1 Å². The van der Waals surface area contributed by atoms with Crippen LogP contribution in [-0.2, 0) is 9.59 Å². The summed E-state index contributed by atoms with van der Waals surface area (Å²) in [4.78, 5) is 20.7. The minimum Gasteiger partial charge on any atom is -0.355 e. The maximum Gasteiger partial charge on any atom is 0.239 e. The molecule has 0 aromatic rings. The standard InChI is InChI=1S/C9H14N2O2/c1-2-3-4-5-6-11-9(13)7-10-8-12/h1,8H,3-7H2,(H,10,12)(H,11,13). The van der Waals surface area contributed by atoms with Crippen LogP contribution in [-0.4, -0.2) is 25.4 Å². The van der Waals surface area contributed by atoms with Crippen LogP contribution < -0.4 is 10.6 Å². The fourth-order valence-corrected chi connectivity index (χ4v) is 0.777. The zero-order valence-corrected chi connectivity index (χ0v) is 7.51. The predicted molar refractivity (Wildman–Crippen MR) is 49.8 cm³/mol. The number of amides is 2. The van der Waals surface area contributed by atoms with E-state index >= 15 is 0 Å². The summed E-state index contributed by atoms with van der Waals surface area (Å²) in [6.45, 7) is 0.652. The Kier molecular flexibility index (Phi) is 7.60. The van der Waals surface area contributed by atoms with E-state index in [1.54, 1.807) is 0 Å². The first-order valence-corrected chi connectivity index (χ1v) is 4.18. The van der Waals surface area contributed by atoms with Crippen molar-refractivity contribution in [3.8, 4) is 12.3 Å². The topological polar surface area (TPSA) is 58.2 Å². The third-order valence-electron chi connectivity index (χ3n) is 1.42. The van der Waals surface area contributed by atoms with Gasteiger partial charge in [0.15, 0.2) is 0 Å². The molecule has 0 rings (SSSR count). The maximum absolute atomic E-state index is 10.9. The molecule has 0 heterocycles. The van der Waals surface area contributed by atoms with Gasteiger partial charge >= 0.3 is 0 Å². The van der Waals surface area contributed by atoms with Gasteiger partial charge in [-0.2, -0.15) is 0 Å². The highest BCUT2D eigenvalue weighted by molar-refractivity contribution is 5.79. The molecule has 0 bridgehead atoms. The van der Waals surface area contributed by atoms with Crippen LogP contribution in [0.25, 0.3) is 0 Å². The molecule has 0 aliphatic heterocycles. The van der Waals surface area contributed by atoms with Crippen LogP contribution in [0.1, 0.15) is 19.3 Å². The highest BCUT2D eigenvalue weighted by Crippen LogP contribution is 1.90. The van der Waals surface area contributed by atoms with Gasteiger partial charge in [0.25, 0.3) is 0 Å². The third-order valence-corrected chi connectivity index (χ3v) is 1.42. The van der Waals surface area contributed by atoms with E-state index in [1.165, 1.54) is 0 Å². The number of terminal acetylenes is 1. The van der Waals surface area contributed by atoms with Crippen molar-refractivity contribution in [3.05, 3.63) is 0 Å². The SMILES string of the molecule is C#CCCCCNC(=O)CNC=O. The molecule has 0 saturated heterocycles. The summed E-state index contributed by atoms with van der Waals surface area (Å²) in [6, 6.07) is 0. The fraction of sp³-hybridized carbons (Fsp3) is 0.556. The Morgan fingerprint density at radius 3 is 2.85 bits per heavy atom. The summed E-state index contributed by atoms with van der Waals surface area (Å²) in [5.41, 5.74) is 0. The zero-order chi connectivity index (χ0) is 9.94. The molecule has 4 nitrogen and oxygen atoms in total. The number of carbonyl (C=O) groups excluding carboxylic acids is 2. The van der Waals surface area contributed by atoms with Crippen molar-refractivity contribution >= 4 is 12.3 Å². The van der Waals surface area contributed by atoms with E-state index in [-0.39, 0.29) is 12.5 Å². The van der Waals surface area contributed by atoms with Gasteiger partial charge in [-0.3, -0.25) is 9.59 Å². The minimum atomic E-state index is -0.173. The highest BCUT2D eigenvalue weighted by Gasteiger charge is 1.97. The molecule has 2 amide bonds. The lowest BCUT2D eigenvalue weighted by atomic mass is 10.2. The number of hydrogen-bond acceptors (Lipinski definition) is 2. The second kappa shape index (κ2) is 8.60. The fourth-order valence-electron chi connectivity index (χ4n) is 0.777. The third kappa shape index (κ3) is 8.41. The number of unbranched alkanes of at least 4 members (excludes halogenated alkanes) is 2. The Morgan fingerprint density at radius 2 is 2.23 bits per heavy atom. The lowest BCUT2D eigenvalue weighted by molar-refractivity contribution is -0.122. The first-order chi connectivity index (χ1) is 6.31. The molecule has 0 atom stereocenters. The van der Waals surface area contributed by atoms with Gasteiger partial charge in [-0.1, -0.05) is 0 Å². The average molecular weight is 182 g/mol. The summed E-state index contributed by atoms with van der Waals surface area (Å²) in [7, 11) is 0. The molecule has 2 N–H and O–H groups in total. The van der Waals surface area contributed by atoms with Crippen molar-refractivity contribution < 1.29 is 9.59 Å². The molecule has 0 saturated carbocycles. The van der Waals surface area contributed by atoms with Crippen LogP contribution in [0, 0.1) is 12.3 Å². The molecule has 4 heteroatoms. The molecule has 0 aromatic heterocycles. The second-order valence-electron chi connectivity index (χ2n) is 2.51. The average Bonchev–Trinajstić information content (AvgIpc) is 2.14. The zero-order valence-electron chi connectivity index (χ0n) is 7.51. The highest BCUT2D eigenvalue weighted by atomic mass is 16.2. The van der Waals surface area contributed by atoms with Crippen LogP contribution in [0.2, 0.25) is 0 Å². The molecular weight excluding hydrogens is 168 g/mol. The lowest BCUT2D eigenvalue weighted by Gasteiger charge is -2.02. The summed E-state index contributed by atoms with van der Waals surface area (Å²) in [6.07, 6.45) is 8.07. The van der Waals surface area contributed by atoms with Crippen molar-refractivity contribution in [1.82, 2.24) is 10.6 Å². The van der Waals surface area contributed by atoms with Crippen LogP contribution in [0.5, 0.6) is 0 Å². The molecule has 0 spiro atoms. The maximum atomic E-state index is 10.9. The number of rotatable bonds is 7. The van der Waals surface area contributed by atoms with Gasteiger partial charge in [0.1, 0.15) is 0 Å². The van der Waals surface area contributed by atoms with E-state index in [9.17, 15) is 9.59 Å². The Bertz CT molecular complexity index is 196. The Morgan fingerprint density at radius 1 is 1.46 bits per heavy atom. The molecule has 0 radical (unpaired) electrons. The van der Waals surface area contributed by atoms with Crippen LogP contribution in [0.4, 0.5) is 0 Å². The normalized spacial score (nSPS) is 8.54. The molecule has 72 valence electrons. The van der Waals surface area contributed by atoms with Gasteiger partial charge in [-0.15, -0.1) is 12.3 Å². The van der Waals surface area contributed by atoms with Crippen molar-refractivity contribution in [2.24, 2.45) is 0 Å². The van der Waals surface area contributed by atoms with Crippen molar-refractivity contribution in [2.75, 3.05) is 13.1 Å². The van der Waals surface area contributed by atoms with Gasteiger partial charge in [-0.25, -0.2) is 0 Å². The quantitative estimate of drug-likeness (QED) is 0.321. The van der Waals surface area contributed by atoms with Crippen molar-refractivity contribution in [1.29, 1.82) is 0 Å². The molecule has 0 aliphatic rings. The molecule has 0 fully saturated rings. The largest absolute Gasteiger partial charge is 0.355 e. The summed E-state index contributed by atoms with van der Waals surface area (Å²) in [5.74, 6) is 2.35. The predicted octanol–water partition coefficient (Wildman–Crippen LogP) is -0.348. The van der Waals surface area contributed by atoms with Gasteiger partial charge in [0.05, 0.1) is 6.54 Å². The summed E-state index contributed by atoms with van der Waals surface area (Å²) >= 11 is 0. The van der Waals surface area contributed by atoms with Crippen molar-refractivity contribution in [2.45, 2.75) is 19.3 Å². The molecule has 0 aromatic carbocycles. The smallest absolute Gasteiger partial charge is 0.239 e. The Hall–Kier alpha value is -1.50. The van der Waals surface area contributed by atoms with Gasteiger partial charge < -0.3 is 10.6 Å². The van der Waals surface area contributed by atoms with Gasteiger partial charge in [0, 0.05) is 13.0 Å². The molecule has 0 unspecified atom stereocenters. The summed E-state index contributed by atoms with van der Waals surface area (Å²) in [5, 5.41) is 4.92. The van der Waals surface area contributed by atoms with Crippen LogP contribution in [0.15, 0.2) is 0 Å². The van der Waals surface area contributed by atoms with E-state index in [1.807, 2.05) is 0 Å². The van der Waals surface area contributed by atoms with E-state index < -0.39 is 0 Å². The van der Waals surface area contributed by atoms with E-state index in [4.69, 9.17) is 6.42 Å². The van der Waals surface area contributed by atoms with Gasteiger partial charge in [0.2, 0.25) is 12.3 Å². The molecular formula is C9H14N2O2. The first kappa shape index (κ1) is 11.5. The first-order valence-electron chi connectivity index (χ1n) is 4.18. The van der Waals surface area contributed by atoms with Gasteiger partial charge in [-0.05, 0) is 12.8 Å². The van der Waals surface area contributed by atoms with E-state index in [0.29, 0.717) is 13.0 Å². The van der Waals surface area contributed by atoms with Crippen LogP contribution >= 0.6 is 0 Å². The number of carbonyl (C=O) groups is 2. The minimum absolute atomic E-state index is 0.0403. The van der Waals surface area contributed by atoms with Crippen LogP contribution in [0.3, 0.4) is 0 Å². The van der Waals surface area contributed by atoms with E-state index in [0.717, 1.165) is 19.3 Å². The second-order valence-corrected chi connectivity index (χ2v) is 2.51. The monoisotopic (exact) mass is 182 g/mol. The van der Waals surface area contributed by atoms with E-state index in [2.05, 4.69) is 16.6 Å².